The second-order valence-electron chi connectivity index (χ2n) is 2.46. The van der Waals surface area contributed by atoms with Crippen molar-refractivity contribution in [2.45, 2.75) is 38.0 Å². The molecule has 0 saturated carbocycles. The lowest BCUT2D eigenvalue weighted by Crippen LogP contribution is -1.96. The SMILES string of the molecule is C=C(Cl)CC(Cl)CCCC. The molecule has 2 heteroatoms. The summed E-state index contributed by atoms with van der Waals surface area (Å²) >= 11 is 11.5. The fourth-order valence-corrected chi connectivity index (χ4v) is 1.37. The molecule has 0 bridgehead atoms. The summed E-state index contributed by atoms with van der Waals surface area (Å²) in [6, 6.07) is 0. The molecule has 0 aliphatic carbocycles. The highest BCUT2D eigenvalue weighted by Crippen LogP contribution is 2.17. The average molecular weight is 181 g/mol. The normalized spacial score (nSPS) is 13.1. The van der Waals surface area contributed by atoms with Crippen molar-refractivity contribution in [3.8, 4) is 0 Å². The van der Waals surface area contributed by atoms with Crippen LogP contribution in [0.5, 0.6) is 0 Å². The number of alkyl halides is 1. The maximum Gasteiger partial charge on any atom is 0.0384 e. The third-order valence-corrected chi connectivity index (χ3v) is 1.84. The number of unbranched alkanes of at least 4 members (excludes halogenated alkanes) is 1. The first-order chi connectivity index (χ1) is 4.66. The zero-order chi connectivity index (χ0) is 7.98. The van der Waals surface area contributed by atoms with Gasteiger partial charge in [0.05, 0.1) is 0 Å². The highest BCUT2D eigenvalue weighted by atomic mass is 35.5. The number of hydrogen-bond acceptors (Lipinski definition) is 0. The van der Waals surface area contributed by atoms with E-state index in [-0.39, 0.29) is 5.38 Å². The predicted octanol–water partition coefficient (Wildman–Crippen LogP) is 3.93. The van der Waals surface area contributed by atoms with Crippen molar-refractivity contribution in [1.82, 2.24) is 0 Å². The molecule has 10 heavy (non-hydrogen) atoms. The van der Waals surface area contributed by atoms with Crippen molar-refractivity contribution < 1.29 is 0 Å². The third kappa shape index (κ3) is 6.44. The summed E-state index contributed by atoms with van der Waals surface area (Å²) < 4.78 is 0. The van der Waals surface area contributed by atoms with E-state index < -0.39 is 0 Å². The van der Waals surface area contributed by atoms with E-state index in [1.54, 1.807) is 0 Å². The van der Waals surface area contributed by atoms with E-state index in [1.165, 1.54) is 12.8 Å². The van der Waals surface area contributed by atoms with E-state index >= 15 is 0 Å². The van der Waals surface area contributed by atoms with E-state index in [9.17, 15) is 0 Å². The quantitative estimate of drug-likeness (QED) is 0.563. The maximum atomic E-state index is 5.91. The molecule has 0 radical (unpaired) electrons. The molecule has 0 aliphatic rings. The lowest BCUT2D eigenvalue weighted by Gasteiger charge is -2.05. The summed E-state index contributed by atoms with van der Waals surface area (Å²) in [5.41, 5.74) is 0. The van der Waals surface area contributed by atoms with Gasteiger partial charge in [-0.2, -0.15) is 0 Å². The Balaban J connectivity index is 3.25. The lowest BCUT2D eigenvalue weighted by molar-refractivity contribution is 0.679. The monoisotopic (exact) mass is 180 g/mol. The van der Waals surface area contributed by atoms with Crippen LogP contribution in [0.3, 0.4) is 0 Å². The molecule has 60 valence electrons. The van der Waals surface area contributed by atoms with Gasteiger partial charge in [0.1, 0.15) is 0 Å². The Hall–Kier alpha value is 0.320. The molecule has 0 rings (SSSR count). The van der Waals surface area contributed by atoms with Crippen molar-refractivity contribution in [3.05, 3.63) is 11.6 Å². The van der Waals surface area contributed by atoms with Crippen LogP contribution in [-0.4, -0.2) is 5.38 Å². The Morgan fingerprint density at radius 2 is 2.20 bits per heavy atom. The number of allylic oxidation sites excluding steroid dienone is 1. The summed E-state index contributed by atoms with van der Waals surface area (Å²) in [7, 11) is 0. The largest absolute Gasteiger partial charge is 0.123 e. The molecule has 0 N–H and O–H groups in total. The number of hydrogen-bond donors (Lipinski definition) is 0. The fraction of sp³-hybridized carbons (Fsp3) is 0.750. The Labute approximate surface area is 73.2 Å². The minimum atomic E-state index is 0.185. The Kier molecular flexibility index (Phi) is 6.25. The number of halogens is 2. The van der Waals surface area contributed by atoms with Crippen molar-refractivity contribution in [2.75, 3.05) is 0 Å². The van der Waals surface area contributed by atoms with Crippen LogP contribution < -0.4 is 0 Å². The van der Waals surface area contributed by atoms with Gasteiger partial charge in [0.2, 0.25) is 0 Å². The first kappa shape index (κ1) is 10.3. The minimum Gasteiger partial charge on any atom is -0.123 e. The molecule has 0 aromatic rings. The van der Waals surface area contributed by atoms with Crippen LogP contribution in [0.1, 0.15) is 32.6 Å². The molecule has 0 fully saturated rings. The third-order valence-electron chi connectivity index (χ3n) is 1.31. The van der Waals surface area contributed by atoms with E-state index in [2.05, 4.69) is 13.5 Å². The van der Waals surface area contributed by atoms with Crippen LogP contribution >= 0.6 is 23.2 Å². The Bertz CT molecular complexity index is 99.4. The molecule has 0 saturated heterocycles. The standard InChI is InChI=1S/C8H14Cl2/c1-3-4-5-8(10)6-7(2)9/h8H,2-6H2,1H3. The smallest absolute Gasteiger partial charge is 0.0384 e. The van der Waals surface area contributed by atoms with E-state index in [0.717, 1.165) is 12.8 Å². The van der Waals surface area contributed by atoms with Crippen LogP contribution in [0, 0.1) is 0 Å². The van der Waals surface area contributed by atoms with Gasteiger partial charge >= 0.3 is 0 Å². The van der Waals surface area contributed by atoms with Gasteiger partial charge in [0, 0.05) is 10.4 Å². The van der Waals surface area contributed by atoms with Crippen LogP contribution in [-0.2, 0) is 0 Å². The molecule has 0 amide bonds. The summed E-state index contributed by atoms with van der Waals surface area (Å²) in [4.78, 5) is 0. The highest BCUT2D eigenvalue weighted by molar-refractivity contribution is 6.30. The molecular weight excluding hydrogens is 167 g/mol. The van der Waals surface area contributed by atoms with Gasteiger partial charge in [-0.15, -0.1) is 11.6 Å². The van der Waals surface area contributed by atoms with Crippen LogP contribution in [0.15, 0.2) is 11.6 Å². The van der Waals surface area contributed by atoms with E-state index in [4.69, 9.17) is 23.2 Å². The maximum absolute atomic E-state index is 5.91. The van der Waals surface area contributed by atoms with Crippen molar-refractivity contribution in [2.24, 2.45) is 0 Å². The van der Waals surface area contributed by atoms with Crippen LogP contribution in [0.25, 0.3) is 0 Å². The first-order valence-electron chi connectivity index (χ1n) is 3.64. The summed E-state index contributed by atoms with van der Waals surface area (Å²) in [6.45, 7) is 5.74. The number of rotatable bonds is 5. The van der Waals surface area contributed by atoms with Crippen LogP contribution in [0.2, 0.25) is 0 Å². The summed E-state index contributed by atoms with van der Waals surface area (Å²) in [5, 5.41) is 0.848. The van der Waals surface area contributed by atoms with Gasteiger partial charge < -0.3 is 0 Å². The molecule has 0 heterocycles. The predicted molar refractivity (Wildman–Crippen MR) is 48.8 cm³/mol. The zero-order valence-corrected chi connectivity index (χ0v) is 7.88. The van der Waals surface area contributed by atoms with Gasteiger partial charge in [0.25, 0.3) is 0 Å². The molecule has 0 nitrogen and oxygen atoms in total. The molecular formula is C8H14Cl2. The lowest BCUT2D eigenvalue weighted by atomic mass is 10.1. The minimum absolute atomic E-state index is 0.185. The molecule has 0 aromatic heterocycles. The Morgan fingerprint density at radius 3 is 2.60 bits per heavy atom. The second kappa shape index (κ2) is 6.06. The summed E-state index contributed by atoms with van der Waals surface area (Å²) in [5.74, 6) is 0. The zero-order valence-electron chi connectivity index (χ0n) is 6.37. The van der Waals surface area contributed by atoms with E-state index in [0.29, 0.717) is 5.03 Å². The Morgan fingerprint density at radius 1 is 1.60 bits per heavy atom. The van der Waals surface area contributed by atoms with Gasteiger partial charge in [-0.3, -0.25) is 0 Å². The van der Waals surface area contributed by atoms with Gasteiger partial charge in [0.15, 0.2) is 0 Å². The fourth-order valence-electron chi connectivity index (χ4n) is 0.768. The molecule has 1 atom stereocenters. The van der Waals surface area contributed by atoms with Crippen molar-refractivity contribution in [1.29, 1.82) is 0 Å². The van der Waals surface area contributed by atoms with Gasteiger partial charge in [-0.1, -0.05) is 37.9 Å². The topological polar surface area (TPSA) is 0 Å². The van der Waals surface area contributed by atoms with Gasteiger partial charge in [-0.25, -0.2) is 0 Å². The molecule has 0 spiro atoms. The van der Waals surface area contributed by atoms with E-state index in [1.807, 2.05) is 0 Å². The summed E-state index contributed by atoms with van der Waals surface area (Å²) in [6.07, 6.45) is 4.16. The second-order valence-corrected chi connectivity index (χ2v) is 3.61. The molecule has 0 aliphatic heterocycles. The van der Waals surface area contributed by atoms with Gasteiger partial charge in [-0.05, 0) is 12.8 Å². The average Bonchev–Trinajstić information content (AvgIpc) is 1.82. The highest BCUT2D eigenvalue weighted by Gasteiger charge is 2.03. The van der Waals surface area contributed by atoms with Crippen molar-refractivity contribution >= 4 is 23.2 Å². The van der Waals surface area contributed by atoms with Crippen LogP contribution in [0.4, 0.5) is 0 Å². The first-order valence-corrected chi connectivity index (χ1v) is 4.45. The molecule has 1 unspecified atom stereocenters. The molecule has 0 aromatic carbocycles. The van der Waals surface area contributed by atoms with Crippen molar-refractivity contribution in [3.63, 3.8) is 0 Å².